The Bertz CT molecular complexity index is 1350. The van der Waals surface area contributed by atoms with E-state index in [1.807, 2.05) is 71.1 Å². The highest BCUT2D eigenvalue weighted by molar-refractivity contribution is 5.95. The van der Waals surface area contributed by atoms with Crippen LogP contribution in [-0.2, 0) is 12.8 Å². The summed E-state index contributed by atoms with van der Waals surface area (Å²) < 4.78 is 1.93. The summed E-state index contributed by atoms with van der Waals surface area (Å²) in [5.74, 6) is 2.30. The normalized spacial score (nSPS) is 14.1. The van der Waals surface area contributed by atoms with Crippen molar-refractivity contribution in [3.8, 4) is 5.69 Å². The van der Waals surface area contributed by atoms with Gasteiger partial charge in [-0.05, 0) is 49.1 Å². The van der Waals surface area contributed by atoms with Gasteiger partial charge < -0.3 is 9.80 Å². The van der Waals surface area contributed by atoms with E-state index in [4.69, 9.17) is 15.1 Å². The van der Waals surface area contributed by atoms with E-state index >= 15 is 0 Å². The van der Waals surface area contributed by atoms with Crippen molar-refractivity contribution in [2.75, 3.05) is 31.1 Å². The Balaban J connectivity index is 1.45. The van der Waals surface area contributed by atoms with Crippen molar-refractivity contribution in [3.63, 3.8) is 0 Å². The van der Waals surface area contributed by atoms with Gasteiger partial charge in [0.2, 0.25) is 0 Å². The molecule has 1 aliphatic rings. The molecule has 0 radical (unpaired) electrons. The topological polar surface area (TPSA) is 67.2 Å². The van der Waals surface area contributed by atoms with Crippen LogP contribution in [0.2, 0.25) is 0 Å². The lowest BCUT2D eigenvalue weighted by Crippen LogP contribution is -2.49. The molecule has 0 aliphatic carbocycles. The zero-order chi connectivity index (χ0) is 25.2. The fourth-order valence-corrected chi connectivity index (χ4v) is 4.83. The third-order valence-electron chi connectivity index (χ3n) is 6.80. The number of hydrogen-bond donors (Lipinski definition) is 0. The van der Waals surface area contributed by atoms with Crippen LogP contribution in [0.3, 0.4) is 0 Å². The number of carbonyl (C=O) groups excluding carboxylic acids is 1. The number of nitrogens with zero attached hydrogens (tertiary/aromatic N) is 6. The third kappa shape index (κ3) is 4.70. The van der Waals surface area contributed by atoms with Crippen LogP contribution in [0.1, 0.15) is 48.2 Å². The van der Waals surface area contributed by atoms with Crippen LogP contribution in [0.5, 0.6) is 0 Å². The number of hydrogen-bond acceptors (Lipinski definition) is 5. The van der Waals surface area contributed by atoms with Crippen molar-refractivity contribution in [2.24, 2.45) is 5.92 Å². The number of amides is 1. The van der Waals surface area contributed by atoms with Crippen molar-refractivity contribution in [2.45, 2.75) is 40.5 Å². The number of piperazine rings is 1. The molecule has 4 aromatic rings. The molecule has 7 heteroatoms. The predicted molar refractivity (Wildman–Crippen MR) is 144 cm³/mol. The van der Waals surface area contributed by atoms with Crippen LogP contribution in [0, 0.1) is 12.8 Å². The molecule has 1 amide bonds. The van der Waals surface area contributed by atoms with E-state index in [-0.39, 0.29) is 5.91 Å². The summed E-state index contributed by atoms with van der Waals surface area (Å²) in [7, 11) is 0. The first-order chi connectivity index (χ1) is 17.4. The van der Waals surface area contributed by atoms with Gasteiger partial charge in [0.1, 0.15) is 11.6 Å². The van der Waals surface area contributed by atoms with Gasteiger partial charge in [0.05, 0.1) is 16.8 Å². The molecule has 0 N–H and O–H groups in total. The van der Waals surface area contributed by atoms with Gasteiger partial charge >= 0.3 is 0 Å². The maximum Gasteiger partial charge on any atom is 0.253 e. The van der Waals surface area contributed by atoms with Crippen molar-refractivity contribution < 1.29 is 4.79 Å². The van der Waals surface area contributed by atoms with Crippen LogP contribution in [0.25, 0.3) is 16.7 Å². The second-order valence-corrected chi connectivity index (χ2v) is 9.92. The van der Waals surface area contributed by atoms with Crippen LogP contribution < -0.4 is 4.90 Å². The molecule has 2 aromatic carbocycles. The maximum atomic E-state index is 13.1. The molecule has 0 saturated carbocycles. The Labute approximate surface area is 212 Å². The van der Waals surface area contributed by atoms with Gasteiger partial charge in [-0.2, -0.15) is 5.10 Å². The summed E-state index contributed by atoms with van der Waals surface area (Å²) >= 11 is 0. The van der Waals surface area contributed by atoms with Gasteiger partial charge in [0, 0.05) is 38.2 Å². The fraction of sp³-hybridized carbons (Fsp3) is 0.379. The molecule has 1 aliphatic heterocycles. The van der Waals surface area contributed by atoms with Crippen molar-refractivity contribution in [1.29, 1.82) is 0 Å². The van der Waals surface area contributed by atoms with Crippen molar-refractivity contribution in [3.05, 3.63) is 77.2 Å². The molecule has 0 unspecified atom stereocenters. The zero-order valence-electron chi connectivity index (χ0n) is 21.6. The summed E-state index contributed by atoms with van der Waals surface area (Å²) in [4.78, 5) is 27.4. The zero-order valence-corrected chi connectivity index (χ0v) is 21.6. The Hall–Kier alpha value is -3.74. The summed E-state index contributed by atoms with van der Waals surface area (Å²) in [6.07, 6.45) is 1.77. The van der Waals surface area contributed by atoms with E-state index in [0.717, 1.165) is 65.6 Å². The Kier molecular flexibility index (Phi) is 6.72. The van der Waals surface area contributed by atoms with Crippen molar-refractivity contribution >= 4 is 22.8 Å². The fourth-order valence-electron chi connectivity index (χ4n) is 4.83. The Morgan fingerprint density at radius 2 is 1.64 bits per heavy atom. The predicted octanol–water partition coefficient (Wildman–Crippen LogP) is 4.85. The van der Waals surface area contributed by atoms with Crippen LogP contribution in [0.4, 0.5) is 5.82 Å². The SMILES string of the molecule is CCc1ccc(C(=O)N2CCN(c3nc(CC(C)C)nc4c3c(C)nn4-c3ccccc3)CC2)cc1. The second kappa shape index (κ2) is 10.1. The molecule has 1 fully saturated rings. The highest BCUT2D eigenvalue weighted by Crippen LogP contribution is 2.30. The minimum absolute atomic E-state index is 0.0960. The molecule has 2 aromatic heterocycles. The summed E-state index contributed by atoms with van der Waals surface area (Å²) in [5, 5.41) is 5.84. The van der Waals surface area contributed by atoms with Gasteiger partial charge in [-0.3, -0.25) is 4.79 Å². The highest BCUT2D eigenvalue weighted by Gasteiger charge is 2.27. The quantitative estimate of drug-likeness (QED) is 0.393. The molecule has 36 heavy (non-hydrogen) atoms. The Morgan fingerprint density at radius 3 is 2.28 bits per heavy atom. The maximum absolute atomic E-state index is 13.1. The monoisotopic (exact) mass is 482 g/mol. The first-order valence-corrected chi connectivity index (χ1v) is 12.9. The number of fused-ring (bicyclic) bond motifs is 1. The lowest BCUT2D eigenvalue weighted by Gasteiger charge is -2.36. The van der Waals surface area contributed by atoms with E-state index < -0.39 is 0 Å². The minimum Gasteiger partial charge on any atom is -0.352 e. The largest absolute Gasteiger partial charge is 0.352 e. The summed E-state index contributed by atoms with van der Waals surface area (Å²) in [6, 6.07) is 18.1. The van der Waals surface area contributed by atoms with Gasteiger partial charge in [-0.15, -0.1) is 0 Å². The highest BCUT2D eigenvalue weighted by atomic mass is 16.2. The third-order valence-corrected chi connectivity index (χ3v) is 6.80. The number of rotatable bonds is 6. The van der Waals surface area contributed by atoms with E-state index in [0.29, 0.717) is 19.0 Å². The smallest absolute Gasteiger partial charge is 0.253 e. The molecule has 0 bridgehead atoms. The molecular weight excluding hydrogens is 448 g/mol. The van der Waals surface area contributed by atoms with E-state index in [1.54, 1.807) is 0 Å². The van der Waals surface area contributed by atoms with E-state index in [2.05, 4.69) is 25.7 Å². The molecule has 0 spiro atoms. The number of aryl methyl sites for hydroxylation is 2. The number of aromatic nitrogens is 4. The number of carbonyl (C=O) groups is 1. The number of anilines is 1. The van der Waals surface area contributed by atoms with Crippen LogP contribution >= 0.6 is 0 Å². The standard InChI is InChI=1S/C29H34N6O/c1-5-22-11-13-23(14-12-22)29(36)34-17-15-33(16-18-34)27-26-21(4)32-35(24-9-7-6-8-10-24)28(26)31-25(30-27)19-20(2)3/h6-14,20H,5,15-19H2,1-4H3. The van der Waals surface area contributed by atoms with Crippen LogP contribution in [-0.4, -0.2) is 56.7 Å². The summed E-state index contributed by atoms with van der Waals surface area (Å²) in [5.41, 5.74) is 4.74. The molecule has 5 rings (SSSR count). The van der Waals surface area contributed by atoms with Crippen molar-refractivity contribution in [1.82, 2.24) is 24.6 Å². The second-order valence-electron chi connectivity index (χ2n) is 9.92. The molecule has 186 valence electrons. The average Bonchev–Trinajstić information content (AvgIpc) is 3.24. The van der Waals surface area contributed by atoms with Gasteiger partial charge in [-0.1, -0.05) is 51.1 Å². The molecule has 1 saturated heterocycles. The Morgan fingerprint density at radius 1 is 0.944 bits per heavy atom. The summed E-state index contributed by atoms with van der Waals surface area (Å²) in [6.45, 7) is 11.3. The van der Waals surface area contributed by atoms with Crippen LogP contribution in [0.15, 0.2) is 54.6 Å². The molecule has 3 heterocycles. The lowest BCUT2D eigenvalue weighted by atomic mass is 10.1. The molecular formula is C29H34N6O. The molecule has 7 nitrogen and oxygen atoms in total. The average molecular weight is 483 g/mol. The number of para-hydroxylation sites is 1. The first kappa shape index (κ1) is 24.0. The lowest BCUT2D eigenvalue weighted by molar-refractivity contribution is 0.0746. The van der Waals surface area contributed by atoms with Gasteiger partial charge in [-0.25, -0.2) is 14.6 Å². The van der Waals surface area contributed by atoms with E-state index in [9.17, 15) is 4.79 Å². The first-order valence-electron chi connectivity index (χ1n) is 12.9. The molecule has 0 atom stereocenters. The minimum atomic E-state index is 0.0960. The van der Waals surface area contributed by atoms with E-state index in [1.165, 1.54) is 5.56 Å². The number of benzene rings is 2. The van der Waals surface area contributed by atoms with Gasteiger partial charge in [0.15, 0.2) is 5.65 Å². The van der Waals surface area contributed by atoms with Gasteiger partial charge in [0.25, 0.3) is 5.91 Å².